The van der Waals surface area contributed by atoms with Gasteiger partial charge in [-0.1, -0.05) is 0 Å². The van der Waals surface area contributed by atoms with Crippen LogP contribution in [-0.4, -0.2) is 66.0 Å². The molecule has 3 atom stereocenters. The van der Waals surface area contributed by atoms with Crippen LogP contribution >= 0.6 is 23.5 Å². The zero-order chi connectivity index (χ0) is 28.7. The molecular weight excluding hydrogens is 548 g/mol. The van der Waals surface area contributed by atoms with E-state index in [4.69, 9.17) is 27.7 Å². The van der Waals surface area contributed by atoms with E-state index in [9.17, 15) is 9.59 Å². The molecule has 2 amide bonds. The second-order valence-electron chi connectivity index (χ2n) is 9.17. The number of ether oxygens (including phenoxy) is 1. The first kappa shape index (κ1) is 31.1. The number of benzene rings is 2. The molecule has 0 bridgehead atoms. The molecule has 0 radical (unpaired) electrons. The van der Waals surface area contributed by atoms with E-state index in [-0.39, 0.29) is 11.9 Å². The van der Waals surface area contributed by atoms with Crippen molar-refractivity contribution in [2.75, 3.05) is 29.9 Å². The normalized spacial score (nSPS) is 15.7. The number of hydrogen-bond donors (Lipinski definition) is 6. The molecule has 40 heavy (non-hydrogen) atoms. The van der Waals surface area contributed by atoms with Gasteiger partial charge in [0.1, 0.15) is 17.5 Å². The summed E-state index contributed by atoms with van der Waals surface area (Å²) >= 11 is 3.85. The molecule has 0 aromatic heterocycles. The minimum atomic E-state index is -0.819. The van der Waals surface area contributed by atoms with E-state index >= 15 is 0 Å². The van der Waals surface area contributed by atoms with Crippen molar-refractivity contribution in [3.05, 3.63) is 48.5 Å². The second kappa shape index (κ2) is 16.6. The molecule has 216 valence electrons. The molecule has 3 rings (SSSR count). The number of anilines is 1. The van der Waals surface area contributed by atoms with E-state index in [1.807, 2.05) is 35.7 Å². The highest BCUT2D eigenvalue weighted by atomic mass is 32.2. The fourth-order valence-corrected chi connectivity index (χ4v) is 5.41. The third-order valence-electron chi connectivity index (χ3n) is 5.84. The fraction of sp³-hybridized carbons (Fsp3) is 0.407. The van der Waals surface area contributed by atoms with Gasteiger partial charge in [-0.05, 0) is 74.2 Å². The van der Waals surface area contributed by atoms with Crippen LogP contribution in [0.15, 0.2) is 63.4 Å². The van der Waals surface area contributed by atoms with E-state index in [0.29, 0.717) is 50.2 Å². The maximum Gasteiger partial charge on any atom is 0.246 e. The number of rotatable bonds is 17. The molecule has 1 aliphatic heterocycles. The first-order valence-electron chi connectivity index (χ1n) is 13.1. The van der Waals surface area contributed by atoms with Gasteiger partial charge in [-0.2, -0.15) is 11.8 Å². The molecule has 1 aliphatic rings. The summed E-state index contributed by atoms with van der Waals surface area (Å²) in [7, 11) is 0. The molecule has 1 fully saturated rings. The highest BCUT2D eigenvalue weighted by molar-refractivity contribution is 8.08. The van der Waals surface area contributed by atoms with E-state index in [1.165, 1.54) is 17.0 Å². The largest absolute Gasteiger partial charge is 0.457 e. The van der Waals surface area contributed by atoms with Crippen molar-refractivity contribution in [3.63, 3.8) is 0 Å². The lowest BCUT2D eigenvalue weighted by molar-refractivity contribution is -0.127. The summed E-state index contributed by atoms with van der Waals surface area (Å²) in [6, 6.07) is 13.5. The van der Waals surface area contributed by atoms with Crippen LogP contribution in [0.25, 0.3) is 0 Å². The number of nitrogens with two attached hydrogens (primary N) is 4. The Morgan fingerprint density at radius 1 is 1.02 bits per heavy atom. The monoisotopic (exact) mass is 586 g/mol. The Balaban J connectivity index is 1.53. The summed E-state index contributed by atoms with van der Waals surface area (Å²) in [5, 5.41) is 6.40. The zero-order valence-electron chi connectivity index (χ0n) is 22.3. The van der Waals surface area contributed by atoms with Crippen LogP contribution in [0, 0.1) is 0 Å². The smallest absolute Gasteiger partial charge is 0.246 e. The Hall–Kier alpha value is -3.42. The molecule has 0 spiro atoms. The summed E-state index contributed by atoms with van der Waals surface area (Å²) in [5.41, 5.74) is 22.6. The van der Waals surface area contributed by atoms with E-state index < -0.39 is 18.0 Å². The first-order chi connectivity index (χ1) is 19.3. The summed E-state index contributed by atoms with van der Waals surface area (Å²) < 4.78 is 5.94. The van der Waals surface area contributed by atoms with Gasteiger partial charge in [0.25, 0.3) is 0 Å². The minimum absolute atomic E-state index is 0.0305. The summed E-state index contributed by atoms with van der Waals surface area (Å²) in [4.78, 5) is 34.8. The van der Waals surface area contributed by atoms with Gasteiger partial charge < -0.3 is 38.3 Å². The molecular formula is C27H38N8O3S2. The molecule has 0 saturated carbocycles. The van der Waals surface area contributed by atoms with Gasteiger partial charge in [-0.3, -0.25) is 19.6 Å². The third-order valence-corrected chi connectivity index (χ3v) is 8.20. The van der Waals surface area contributed by atoms with Crippen LogP contribution < -0.4 is 38.3 Å². The van der Waals surface area contributed by atoms with Gasteiger partial charge in [-0.25, -0.2) is 0 Å². The molecule has 1 saturated heterocycles. The maximum atomic E-state index is 13.1. The first-order valence-corrected chi connectivity index (χ1v) is 15.1. The van der Waals surface area contributed by atoms with Crippen molar-refractivity contribution in [1.29, 1.82) is 0 Å². The fourth-order valence-electron chi connectivity index (χ4n) is 3.59. The zero-order valence-corrected chi connectivity index (χ0v) is 24.0. The number of carbonyl (C=O) groups is 2. The Morgan fingerprint density at radius 3 is 2.30 bits per heavy atom. The number of carbonyl (C=O) groups excluding carboxylic acids is 2. The Bertz CT molecular complexity index is 1140. The Morgan fingerprint density at radius 2 is 1.68 bits per heavy atom. The van der Waals surface area contributed by atoms with Crippen molar-refractivity contribution >= 4 is 53.3 Å². The van der Waals surface area contributed by atoms with Gasteiger partial charge in [-0.15, -0.1) is 11.8 Å². The lowest BCUT2D eigenvalue weighted by Crippen LogP contribution is -2.50. The van der Waals surface area contributed by atoms with E-state index in [2.05, 4.69) is 32.8 Å². The number of thioether (sulfide) groups is 2. The van der Waals surface area contributed by atoms with Crippen molar-refractivity contribution in [2.45, 2.75) is 47.9 Å². The van der Waals surface area contributed by atoms with E-state index in [1.54, 1.807) is 24.3 Å². The number of aliphatic imine (C=N–C) groups is 2. The predicted octanol–water partition coefficient (Wildman–Crippen LogP) is 2.26. The average Bonchev–Trinajstić information content (AvgIpc) is 3.78. The number of guanidine groups is 1. The summed E-state index contributed by atoms with van der Waals surface area (Å²) in [5.74, 6) is 2.95. The van der Waals surface area contributed by atoms with Crippen LogP contribution in [0.3, 0.4) is 0 Å². The molecule has 0 aliphatic carbocycles. The summed E-state index contributed by atoms with van der Waals surface area (Å²) in [6.07, 6.45) is 3.04. The van der Waals surface area contributed by atoms with Crippen molar-refractivity contribution in [2.24, 2.45) is 32.9 Å². The number of nitrogens with one attached hydrogen (secondary N) is 2. The molecule has 11 nitrogen and oxygen atoms in total. The van der Waals surface area contributed by atoms with Crippen LogP contribution in [0.4, 0.5) is 5.69 Å². The van der Waals surface area contributed by atoms with E-state index in [0.717, 1.165) is 16.8 Å². The molecule has 13 heteroatoms. The number of amides is 2. The van der Waals surface area contributed by atoms with Gasteiger partial charge in [0.05, 0.1) is 12.4 Å². The summed E-state index contributed by atoms with van der Waals surface area (Å²) in [6.45, 7) is 0.806. The van der Waals surface area contributed by atoms with Gasteiger partial charge in [0, 0.05) is 40.4 Å². The highest BCUT2D eigenvalue weighted by Crippen LogP contribution is 2.35. The van der Waals surface area contributed by atoms with Crippen molar-refractivity contribution in [3.8, 4) is 11.5 Å². The van der Waals surface area contributed by atoms with Gasteiger partial charge in [0.2, 0.25) is 11.8 Å². The van der Waals surface area contributed by atoms with Gasteiger partial charge in [0.15, 0.2) is 5.96 Å². The van der Waals surface area contributed by atoms with Crippen LogP contribution in [0.5, 0.6) is 11.5 Å². The minimum Gasteiger partial charge on any atom is -0.457 e. The Labute approximate surface area is 243 Å². The highest BCUT2D eigenvalue weighted by Gasteiger charge is 2.24. The number of hydrogen-bond acceptors (Lipinski definition) is 8. The van der Waals surface area contributed by atoms with Crippen LogP contribution in [0.1, 0.15) is 25.7 Å². The molecule has 1 heterocycles. The van der Waals surface area contributed by atoms with Crippen molar-refractivity contribution < 1.29 is 14.3 Å². The van der Waals surface area contributed by atoms with Crippen LogP contribution in [0.2, 0.25) is 0 Å². The number of nitrogens with zero attached hydrogens (tertiary/aromatic N) is 2. The molecule has 10 N–H and O–H groups in total. The third kappa shape index (κ3) is 11.8. The lowest BCUT2D eigenvalue weighted by Gasteiger charge is -2.20. The SMILES string of the molecule is NC=NCCCC(N)C(=O)NC(CCCN=C(N)N)C(=O)Nc1ccc(Oc2ccc(SCC3CS3)cc2)cc1. The van der Waals surface area contributed by atoms with Crippen LogP contribution in [-0.2, 0) is 9.59 Å². The van der Waals surface area contributed by atoms with Gasteiger partial charge >= 0.3 is 0 Å². The predicted molar refractivity (Wildman–Crippen MR) is 165 cm³/mol. The molecule has 2 aromatic carbocycles. The maximum absolute atomic E-state index is 13.1. The van der Waals surface area contributed by atoms with Crippen molar-refractivity contribution in [1.82, 2.24) is 5.32 Å². The standard InChI is InChI=1S/C27H38N8O3S2/c28-17-32-13-1-3-23(29)25(36)35-24(4-2-14-33-27(30)31)26(37)34-18-5-7-19(8-6-18)38-20-9-11-21(12-10-20)39-15-22-16-40-22/h5-12,17,22-24H,1-4,13-16,29H2,(H2,28,32)(H,34,37)(H,35,36)(H4,30,31,33). The molecule has 2 aromatic rings. The Kier molecular flexibility index (Phi) is 12.9. The molecule has 3 unspecified atom stereocenters. The lowest BCUT2D eigenvalue weighted by atomic mass is 10.1. The quantitative estimate of drug-likeness (QED) is 0.0529. The second-order valence-corrected chi connectivity index (χ2v) is 11.6. The average molecular weight is 587 g/mol. The topological polar surface area (TPSA) is 196 Å².